The molecule has 0 aromatic carbocycles. The average molecular weight is 410 g/mol. The summed E-state index contributed by atoms with van der Waals surface area (Å²) < 4.78 is 5.61. The highest BCUT2D eigenvalue weighted by Gasteiger charge is 2.28. The van der Waals surface area contributed by atoms with E-state index in [1.807, 2.05) is 12.4 Å². The van der Waals surface area contributed by atoms with Crippen LogP contribution in [-0.4, -0.2) is 90.8 Å². The van der Waals surface area contributed by atoms with Gasteiger partial charge in [-0.3, -0.25) is 9.88 Å². The Labute approximate surface area is 178 Å². The van der Waals surface area contributed by atoms with Gasteiger partial charge in [0.25, 0.3) is 0 Å². The number of hydrogen-bond donors (Lipinski definition) is 0. The molecule has 0 aliphatic carbocycles. The Morgan fingerprint density at radius 2 is 1.67 bits per heavy atom. The van der Waals surface area contributed by atoms with Crippen molar-refractivity contribution < 1.29 is 4.74 Å². The lowest BCUT2D eigenvalue weighted by Crippen LogP contribution is -2.46. The second kappa shape index (κ2) is 8.83. The van der Waals surface area contributed by atoms with Crippen molar-refractivity contribution >= 4 is 11.8 Å². The molecule has 5 rings (SSSR count). The Hall–Kier alpha value is -2.29. The second-order valence-electron chi connectivity index (χ2n) is 8.48. The van der Waals surface area contributed by atoms with Crippen molar-refractivity contribution in [1.29, 1.82) is 0 Å². The average Bonchev–Trinajstić information content (AvgIpc) is 2.80. The number of aromatic nitrogens is 3. The molecule has 8 nitrogen and oxygen atoms in total. The summed E-state index contributed by atoms with van der Waals surface area (Å²) in [6, 6.07) is 4.21. The van der Waals surface area contributed by atoms with Gasteiger partial charge in [-0.25, -0.2) is 4.98 Å². The summed E-state index contributed by atoms with van der Waals surface area (Å²) in [6.45, 7) is 10.3. The molecule has 160 valence electrons. The van der Waals surface area contributed by atoms with Gasteiger partial charge in [0.05, 0.1) is 18.9 Å². The summed E-state index contributed by atoms with van der Waals surface area (Å²) >= 11 is 0. The van der Waals surface area contributed by atoms with E-state index < -0.39 is 0 Å². The molecule has 0 bridgehead atoms. The Kier molecular flexibility index (Phi) is 5.79. The molecule has 2 fully saturated rings. The quantitative estimate of drug-likeness (QED) is 0.742. The zero-order valence-corrected chi connectivity index (χ0v) is 17.8. The van der Waals surface area contributed by atoms with Gasteiger partial charge in [0.1, 0.15) is 5.82 Å². The van der Waals surface area contributed by atoms with E-state index in [2.05, 4.69) is 43.8 Å². The molecule has 8 heteroatoms. The minimum absolute atomic E-state index is 0.767. The van der Waals surface area contributed by atoms with Crippen LogP contribution in [0, 0.1) is 0 Å². The molecule has 0 spiro atoms. The van der Waals surface area contributed by atoms with Crippen LogP contribution in [0.3, 0.4) is 0 Å². The van der Waals surface area contributed by atoms with Crippen LogP contribution < -0.4 is 9.80 Å². The first kappa shape index (κ1) is 19.7. The molecule has 0 radical (unpaired) electrons. The Bertz CT molecular complexity index is 848. The summed E-state index contributed by atoms with van der Waals surface area (Å²) in [5.74, 6) is 2.03. The molecule has 2 aromatic rings. The smallest absolute Gasteiger partial charge is 0.227 e. The zero-order chi connectivity index (χ0) is 20.3. The van der Waals surface area contributed by atoms with Gasteiger partial charge >= 0.3 is 0 Å². The van der Waals surface area contributed by atoms with Gasteiger partial charge in [0, 0.05) is 83.3 Å². The molecule has 30 heavy (non-hydrogen) atoms. The molecule has 3 aliphatic rings. The summed E-state index contributed by atoms with van der Waals surface area (Å²) in [5.41, 5.74) is 3.83. The van der Waals surface area contributed by atoms with Crippen LogP contribution in [0.5, 0.6) is 0 Å². The molecule has 2 saturated heterocycles. The monoisotopic (exact) mass is 409 g/mol. The number of likely N-dealkylation sites (N-methyl/N-ethyl adjacent to an activating group) is 1. The van der Waals surface area contributed by atoms with E-state index in [0.717, 1.165) is 90.3 Å². The normalized spacial score (nSPS) is 21.0. The van der Waals surface area contributed by atoms with Crippen LogP contribution in [0.1, 0.15) is 16.8 Å². The van der Waals surface area contributed by atoms with Crippen molar-refractivity contribution in [2.75, 3.05) is 75.9 Å². The fourth-order valence-electron chi connectivity index (χ4n) is 4.51. The summed E-state index contributed by atoms with van der Waals surface area (Å²) in [5, 5.41) is 0. The van der Waals surface area contributed by atoms with Gasteiger partial charge < -0.3 is 19.4 Å². The highest BCUT2D eigenvalue weighted by molar-refractivity contribution is 5.54. The van der Waals surface area contributed by atoms with Crippen molar-refractivity contribution in [2.24, 2.45) is 0 Å². The largest absolute Gasteiger partial charge is 0.378 e. The van der Waals surface area contributed by atoms with Crippen LogP contribution in [0.2, 0.25) is 0 Å². The lowest BCUT2D eigenvalue weighted by atomic mass is 10.0. The lowest BCUT2D eigenvalue weighted by Gasteiger charge is -2.37. The maximum atomic E-state index is 5.61. The fourth-order valence-corrected chi connectivity index (χ4v) is 4.51. The van der Waals surface area contributed by atoms with Crippen LogP contribution >= 0.6 is 0 Å². The molecule has 0 saturated carbocycles. The van der Waals surface area contributed by atoms with E-state index in [0.29, 0.717) is 0 Å². The van der Waals surface area contributed by atoms with Gasteiger partial charge in [0.2, 0.25) is 5.95 Å². The van der Waals surface area contributed by atoms with E-state index in [-0.39, 0.29) is 0 Å². The summed E-state index contributed by atoms with van der Waals surface area (Å²) in [6.07, 6.45) is 4.72. The number of fused-ring (bicyclic) bond motifs is 1. The SMILES string of the molecule is CN1CCN(c2nc3c(c(N4CCOCC4)n2)CN(Cc2ccncc2)CC3)CC1. The summed E-state index contributed by atoms with van der Waals surface area (Å²) in [7, 11) is 2.18. The minimum Gasteiger partial charge on any atom is -0.378 e. The number of morpholine rings is 1. The Morgan fingerprint density at radius 3 is 2.43 bits per heavy atom. The Morgan fingerprint density at radius 1 is 0.900 bits per heavy atom. The molecule has 3 aliphatic heterocycles. The van der Waals surface area contributed by atoms with Gasteiger partial charge in [-0.15, -0.1) is 0 Å². The lowest BCUT2D eigenvalue weighted by molar-refractivity contribution is 0.122. The highest BCUT2D eigenvalue weighted by Crippen LogP contribution is 2.30. The first-order valence-electron chi connectivity index (χ1n) is 11.0. The third-order valence-corrected chi connectivity index (χ3v) is 6.36. The standard InChI is InChI=1S/C22H31N7O/c1-26-8-10-29(11-9-26)22-24-20-4-7-27(16-18-2-5-23-6-3-18)17-19(20)21(25-22)28-12-14-30-15-13-28/h2-3,5-6H,4,7-17H2,1H3. The maximum Gasteiger partial charge on any atom is 0.227 e. The van der Waals surface area contributed by atoms with Crippen LogP contribution in [0.15, 0.2) is 24.5 Å². The van der Waals surface area contributed by atoms with Crippen LogP contribution in [0.25, 0.3) is 0 Å². The molecule has 0 unspecified atom stereocenters. The predicted octanol–water partition coefficient (Wildman–Crippen LogP) is 1.02. The Balaban J connectivity index is 1.43. The number of hydrogen-bond acceptors (Lipinski definition) is 8. The van der Waals surface area contributed by atoms with E-state index in [1.165, 1.54) is 16.8 Å². The van der Waals surface area contributed by atoms with E-state index in [4.69, 9.17) is 14.7 Å². The number of piperazine rings is 1. The molecule has 2 aromatic heterocycles. The third-order valence-electron chi connectivity index (χ3n) is 6.36. The summed E-state index contributed by atoms with van der Waals surface area (Å²) in [4.78, 5) is 24.0. The number of ether oxygens (including phenoxy) is 1. The third kappa shape index (κ3) is 4.26. The van der Waals surface area contributed by atoms with Gasteiger partial charge in [-0.2, -0.15) is 4.98 Å². The van der Waals surface area contributed by atoms with Crippen molar-refractivity contribution in [1.82, 2.24) is 24.8 Å². The molecule has 0 N–H and O–H groups in total. The van der Waals surface area contributed by atoms with Gasteiger partial charge in [0.15, 0.2) is 0 Å². The van der Waals surface area contributed by atoms with E-state index in [1.54, 1.807) is 0 Å². The number of pyridine rings is 1. The molecular weight excluding hydrogens is 378 g/mol. The predicted molar refractivity (Wildman–Crippen MR) is 117 cm³/mol. The van der Waals surface area contributed by atoms with Gasteiger partial charge in [-0.1, -0.05) is 0 Å². The van der Waals surface area contributed by atoms with Crippen molar-refractivity contribution in [3.05, 3.63) is 41.3 Å². The minimum atomic E-state index is 0.767. The zero-order valence-electron chi connectivity index (χ0n) is 17.8. The van der Waals surface area contributed by atoms with E-state index in [9.17, 15) is 0 Å². The number of anilines is 2. The molecule has 0 amide bonds. The van der Waals surface area contributed by atoms with Crippen LogP contribution in [0.4, 0.5) is 11.8 Å². The molecular formula is C22H31N7O. The molecule has 0 atom stereocenters. The maximum absolute atomic E-state index is 5.61. The number of nitrogens with zero attached hydrogens (tertiary/aromatic N) is 7. The topological polar surface area (TPSA) is 60.9 Å². The van der Waals surface area contributed by atoms with E-state index >= 15 is 0 Å². The van der Waals surface area contributed by atoms with Crippen LogP contribution in [-0.2, 0) is 24.2 Å². The number of rotatable bonds is 4. The fraction of sp³-hybridized carbons (Fsp3) is 0.591. The first-order chi connectivity index (χ1) is 14.8. The van der Waals surface area contributed by atoms with Crippen molar-refractivity contribution in [3.63, 3.8) is 0 Å². The molecule has 5 heterocycles. The van der Waals surface area contributed by atoms with Crippen molar-refractivity contribution in [2.45, 2.75) is 19.5 Å². The second-order valence-corrected chi connectivity index (χ2v) is 8.48. The van der Waals surface area contributed by atoms with Crippen molar-refractivity contribution in [3.8, 4) is 0 Å². The van der Waals surface area contributed by atoms with Gasteiger partial charge in [-0.05, 0) is 24.7 Å². The highest BCUT2D eigenvalue weighted by atomic mass is 16.5. The first-order valence-corrected chi connectivity index (χ1v) is 11.0.